The summed E-state index contributed by atoms with van der Waals surface area (Å²) in [6.07, 6.45) is 6.02. The van der Waals surface area contributed by atoms with Crippen LogP contribution in [0.5, 0.6) is 0 Å². The molecule has 0 radical (unpaired) electrons. The number of amides is 2. The van der Waals surface area contributed by atoms with E-state index in [1.165, 1.54) is 12.8 Å². The topological polar surface area (TPSA) is 90.6 Å². The Morgan fingerprint density at radius 3 is 2.57 bits per heavy atom. The number of hydrogen-bond donors (Lipinski definition) is 2. The highest BCUT2D eigenvalue weighted by Gasteiger charge is 2.38. The van der Waals surface area contributed by atoms with Crippen molar-refractivity contribution >= 4 is 11.8 Å². The molecule has 1 aromatic rings. The van der Waals surface area contributed by atoms with Crippen LogP contribution in [0.25, 0.3) is 0 Å². The molecule has 2 amide bonds. The van der Waals surface area contributed by atoms with Crippen LogP contribution < -0.4 is 5.32 Å². The molecule has 0 spiro atoms. The number of likely N-dealkylation sites (tertiary alicyclic amines) is 1. The largest absolute Gasteiger partial charge is 0.378 e. The third-order valence-electron chi connectivity index (χ3n) is 6.89. The van der Waals surface area contributed by atoms with E-state index < -0.39 is 0 Å². The average Bonchev–Trinajstić information content (AvgIpc) is 3.40. The standard InChI is InChI=1S/C22H35N5O3/c1-3-19-15(2)21(25-24-19)22(29)23-13-18-7-6-17(27(18)14-16-4-5-16)12-20(28)26-8-10-30-11-9-26/h16-18H,3-14H2,1-2H3,(H,23,29)(H,24,25)/t17-,18+/m1/s1. The summed E-state index contributed by atoms with van der Waals surface area (Å²) >= 11 is 0. The number of morpholine rings is 1. The third kappa shape index (κ3) is 4.86. The fourth-order valence-corrected chi connectivity index (χ4v) is 4.79. The summed E-state index contributed by atoms with van der Waals surface area (Å²) in [7, 11) is 0. The number of nitrogens with one attached hydrogen (secondary N) is 2. The summed E-state index contributed by atoms with van der Waals surface area (Å²) in [6, 6.07) is 0.573. The Morgan fingerprint density at radius 1 is 1.17 bits per heavy atom. The van der Waals surface area contributed by atoms with Crippen molar-refractivity contribution in [2.24, 2.45) is 5.92 Å². The Kier molecular flexibility index (Phi) is 6.73. The van der Waals surface area contributed by atoms with Crippen molar-refractivity contribution in [2.45, 2.75) is 64.5 Å². The molecular weight excluding hydrogens is 382 g/mol. The minimum absolute atomic E-state index is 0.109. The van der Waals surface area contributed by atoms with Gasteiger partial charge in [-0.15, -0.1) is 0 Å². The number of H-pyrrole nitrogens is 1. The highest BCUT2D eigenvalue weighted by Crippen LogP contribution is 2.35. The van der Waals surface area contributed by atoms with Crippen LogP contribution in [-0.4, -0.2) is 83.3 Å². The molecule has 3 aliphatic rings. The predicted octanol–water partition coefficient (Wildman–Crippen LogP) is 1.50. The van der Waals surface area contributed by atoms with Gasteiger partial charge < -0.3 is 15.0 Å². The number of nitrogens with zero attached hydrogens (tertiary/aromatic N) is 3. The van der Waals surface area contributed by atoms with Gasteiger partial charge in [-0.3, -0.25) is 19.6 Å². The number of carbonyl (C=O) groups is 2. The van der Waals surface area contributed by atoms with Crippen molar-refractivity contribution in [1.82, 2.24) is 25.3 Å². The molecule has 166 valence electrons. The summed E-state index contributed by atoms with van der Waals surface area (Å²) in [4.78, 5) is 29.9. The Morgan fingerprint density at radius 2 is 1.90 bits per heavy atom. The zero-order valence-corrected chi connectivity index (χ0v) is 18.3. The molecule has 1 saturated carbocycles. The lowest BCUT2D eigenvalue weighted by Gasteiger charge is -2.33. The van der Waals surface area contributed by atoms with E-state index in [-0.39, 0.29) is 17.9 Å². The van der Waals surface area contributed by atoms with Gasteiger partial charge in [0.05, 0.1) is 13.2 Å². The summed E-state index contributed by atoms with van der Waals surface area (Å²) in [5.41, 5.74) is 2.45. The van der Waals surface area contributed by atoms with Gasteiger partial charge in [0, 0.05) is 55.9 Å². The lowest BCUT2D eigenvalue weighted by atomic mass is 10.1. The molecule has 2 saturated heterocycles. The lowest BCUT2D eigenvalue weighted by molar-refractivity contribution is -0.136. The molecule has 3 fully saturated rings. The summed E-state index contributed by atoms with van der Waals surface area (Å²) in [6.45, 7) is 8.35. The van der Waals surface area contributed by atoms with Crippen molar-refractivity contribution in [3.05, 3.63) is 17.0 Å². The van der Waals surface area contributed by atoms with Crippen LogP contribution in [0.1, 0.15) is 60.8 Å². The molecule has 1 aromatic heterocycles. The third-order valence-corrected chi connectivity index (χ3v) is 6.89. The van der Waals surface area contributed by atoms with Crippen LogP contribution in [-0.2, 0) is 16.0 Å². The number of rotatable bonds is 8. The first kappa shape index (κ1) is 21.3. The molecule has 4 rings (SSSR count). The van der Waals surface area contributed by atoms with Crippen LogP contribution in [0.4, 0.5) is 0 Å². The zero-order chi connectivity index (χ0) is 21.1. The zero-order valence-electron chi connectivity index (χ0n) is 18.3. The molecule has 2 N–H and O–H groups in total. The number of aryl methyl sites for hydroxylation is 1. The van der Waals surface area contributed by atoms with E-state index in [0.29, 0.717) is 51.0 Å². The van der Waals surface area contributed by atoms with Gasteiger partial charge in [0.15, 0.2) is 5.69 Å². The Labute approximate surface area is 178 Å². The first-order valence-corrected chi connectivity index (χ1v) is 11.5. The van der Waals surface area contributed by atoms with Crippen LogP contribution in [0.3, 0.4) is 0 Å². The maximum Gasteiger partial charge on any atom is 0.272 e. The normalized spacial score (nSPS) is 24.9. The molecule has 2 atom stereocenters. The van der Waals surface area contributed by atoms with Crippen LogP contribution in [0.15, 0.2) is 0 Å². The van der Waals surface area contributed by atoms with Gasteiger partial charge in [-0.2, -0.15) is 5.10 Å². The molecule has 0 unspecified atom stereocenters. The van der Waals surface area contributed by atoms with Gasteiger partial charge in [0.25, 0.3) is 5.91 Å². The van der Waals surface area contributed by atoms with Crippen molar-refractivity contribution in [3.8, 4) is 0 Å². The minimum atomic E-state index is -0.109. The van der Waals surface area contributed by atoms with E-state index in [9.17, 15) is 9.59 Å². The second-order valence-corrected chi connectivity index (χ2v) is 8.96. The second-order valence-electron chi connectivity index (χ2n) is 8.96. The minimum Gasteiger partial charge on any atom is -0.378 e. The smallest absolute Gasteiger partial charge is 0.272 e. The van der Waals surface area contributed by atoms with E-state index in [1.807, 2.05) is 11.8 Å². The van der Waals surface area contributed by atoms with E-state index >= 15 is 0 Å². The van der Waals surface area contributed by atoms with E-state index in [1.54, 1.807) is 0 Å². The number of carbonyl (C=O) groups excluding carboxylic acids is 2. The first-order chi connectivity index (χ1) is 14.6. The Balaban J connectivity index is 1.34. The monoisotopic (exact) mass is 417 g/mol. The molecule has 1 aliphatic carbocycles. The SMILES string of the molecule is CCc1[nH]nc(C(=O)NC[C@@H]2CC[C@H](CC(=O)N3CCOCC3)N2CC2CC2)c1C. The van der Waals surface area contributed by atoms with Crippen LogP contribution in [0.2, 0.25) is 0 Å². The molecule has 30 heavy (non-hydrogen) atoms. The van der Waals surface area contributed by atoms with Crippen LogP contribution in [0, 0.1) is 12.8 Å². The lowest BCUT2D eigenvalue weighted by Crippen LogP contribution is -2.47. The maximum atomic E-state index is 12.8. The van der Waals surface area contributed by atoms with E-state index in [2.05, 4.69) is 27.3 Å². The molecule has 8 nitrogen and oxygen atoms in total. The van der Waals surface area contributed by atoms with Crippen molar-refractivity contribution in [3.63, 3.8) is 0 Å². The van der Waals surface area contributed by atoms with Crippen LogP contribution >= 0.6 is 0 Å². The predicted molar refractivity (Wildman–Crippen MR) is 113 cm³/mol. The molecule has 8 heteroatoms. The molecule has 0 bridgehead atoms. The summed E-state index contributed by atoms with van der Waals surface area (Å²) < 4.78 is 5.37. The van der Waals surface area contributed by atoms with Gasteiger partial charge in [-0.1, -0.05) is 6.92 Å². The first-order valence-electron chi connectivity index (χ1n) is 11.5. The maximum absolute atomic E-state index is 12.8. The molecule has 3 heterocycles. The number of aromatic amines is 1. The Hall–Kier alpha value is -1.93. The van der Waals surface area contributed by atoms with Crippen molar-refractivity contribution < 1.29 is 14.3 Å². The highest BCUT2D eigenvalue weighted by atomic mass is 16.5. The van der Waals surface area contributed by atoms with Gasteiger partial charge in [-0.25, -0.2) is 0 Å². The molecule has 2 aliphatic heterocycles. The highest BCUT2D eigenvalue weighted by molar-refractivity contribution is 5.93. The van der Waals surface area contributed by atoms with Gasteiger partial charge in [0.2, 0.25) is 5.91 Å². The van der Waals surface area contributed by atoms with Gasteiger partial charge in [-0.05, 0) is 44.9 Å². The summed E-state index contributed by atoms with van der Waals surface area (Å²) in [5, 5.41) is 10.3. The molecule has 0 aromatic carbocycles. The van der Waals surface area contributed by atoms with Crippen molar-refractivity contribution in [2.75, 3.05) is 39.4 Å². The van der Waals surface area contributed by atoms with Gasteiger partial charge in [0.1, 0.15) is 0 Å². The number of ether oxygens (including phenoxy) is 1. The average molecular weight is 418 g/mol. The number of hydrogen-bond acceptors (Lipinski definition) is 5. The Bertz CT molecular complexity index is 754. The fraction of sp³-hybridized carbons (Fsp3) is 0.773. The van der Waals surface area contributed by atoms with E-state index in [4.69, 9.17) is 4.74 Å². The summed E-state index contributed by atoms with van der Waals surface area (Å²) in [5.74, 6) is 0.888. The second kappa shape index (κ2) is 9.47. The van der Waals surface area contributed by atoms with Crippen molar-refractivity contribution in [1.29, 1.82) is 0 Å². The quantitative estimate of drug-likeness (QED) is 0.669. The van der Waals surface area contributed by atoms with E-state index in [0.717, 1.165) is 43.0 Å². The molecular formula is C22H35N5O3. The fourth-order valence-electron chi connectivity index (χ4n) is 4.79. The van der Waals surface area contributed by atoms with Gasteiger partial charge >= 0.3 is 0 Å². The number of aromatic nitrogens is 2.